The molecule has 0 atom stereocenters. The zero-order chi connectivity index (χ0) is 21.4. The Labute approximate surface area is 155 Å². The Kier molecular flexibility index (Phi) is 4.85. The average molecular weight is 357 g/mol. The Morgan fingerprint density at radius 3 is 2.04 bits per heavy atom. The second-order valence-corrected chi connectivity index (χ2v) is 7.68. The fraction of sp³-hybridized carbons (Fsp3) is 0.727. The minimum atomic E-state index is -1.51. The van der Waals surface area contributed by atoms with Gasteiger partial charge in [-0.25, -0.2) is 13.2 Å². The van der Waals surface area contributed by atoms with Gasteiger partial charge >= 0.3 is 0 Å². The standard InChI is InChI=1S/C22H31F3/c1-2-3-4-15-5-7-16(8-6-15)17-9-11-18(12-10-17)19-13-20(23)22(25)21(24)14-19/h13-18H,2-12H2,1H3/i5D2,6D2. The van der Waals surface area contributed by atoms with Crippen LogP contribution in [0.3, 0.4) is 0 Å². The highest BCUT2D eigenvalue weighted by atomic mass is 19.2. The Balaban J connectivity index is 1.65. The number of hydrogen-bond acceptors (Lipinski definition) is 0. The minimum absolute atomic E-state index is 0.0134. The fourth-order valence-corrected chi connectivity index (χ4v) is 4.41. The monoisotopic (exact) mass is 356 g/mol. The zero-order valence-corrected chi connectivity index (χ0v) is 15.0. The van der Waals surface area contributed by atoms with Gasteiger partial charge in [-0.3, -0.25) is 0 Å². The summed E-state index contributed by atoms with van der Waals surface area (Å²) < 4.78 is 74.4. The first kappa shape index (κ1) is 14.1. The fourth-order valence-electron chi connectivity index (χ4n) is 4.41. The molecule has 0 aliphatic heterocycles. The molecule has 0 aromatic heterocycles. The molecule has 0 amide bonds. The van der Waals surface area contributed by atoms with E-state index in [4.69, 9.17) is 5.48 Å². The molecule has 2 aliphatic carbocycles. The van der Waals surface area contributed by atoms with Gasteiger partial charge < -0.3 is 0 Å². The number of unbranched alkanes of at least 4 members (excludes halogenated alkanes) is 1. The van der Waals surface area contributed by atoms with Crippen molar-refractivity contribution in [2.45, 2.75) is 83.4 Å². The summed E-state index contributed by atoms with van der Waals surface area (Å²) in [4.78, 5) is 0. The number of hydrogen-bond donors (Lipinski definition) is 0. The first-order valence-electron chi connectivity index (χ1n) is 11.7. The highest BCUT2D eigenvalue weighted by Gasteiger charge is 2.31. The Morgan fingerprint density at radius 2 is 1.48 bits per heavy atom. The number of benzene rings is 1. The summed E-state index contributed by atoms with van der Waals surface area (Å²) in [6.45, 7) is 2.04. The van der Waals surface area contributed by atoms with Crippen LogP contribution >= 0.6 is 0 Å². The van der Waals surface area contributed by atoms with Crippen LogP contribution in [0, 0.1) is 35.2 Å². The molecule has 0 radical (unpaired) electrons. The van der Waals surface area contributed by atoms with Crippen molar-refractivity contribution in [1.82, 2.24) is 0 Å². The third-order valence-corrected chi connectivity index (χ3v) is 6.02. The molecule has 3 heteroatoms. The van der Waals surface area contributed by atoms with Gasteiger partial charge in [-0.2, -0.15) is 0 Å². The molecule has 0 unspecified atom stereocenters. The van der Waals surface area contributed by atoms with E-state index in [0.29, 0.717) is 37.7 Å². The molecule has 0 N–H and O–H groups in total. The summed E-state index contributed by atoms with van der Waals surface area (Å²) in [6.07, 6.45) is 3.06. The predicted octanol–water partition coefficient (Wildman–Crippen LogP) is 7.37. The van der Waals surface area contributed by atoms with Crippen molar-refractivity contribution in [3.63, 3.8) is 0 Å². The van der Waals surface area contributed by atoms with Crippen LogP contribution < -0.4 is 0 Å². The van der Waals surface area contributed by atoms with Gasteiger partial charge in [0.25, 0.3) is 0 Å². The molecule has 0 heterocycles. The molecule has 0 saturated heterocycles. The van der Waals surface area contributed by atoms with Crippen molar-refractivity contribution in [3.8, 4) is 0 Å². The molecular formula is C22H31F3. The van der Waals surface area contributed by atoms with Crippen LogP contribution in [0.4, 0.5) is 13.2 Å². The van der Waals surface area contributed by atoms with Crippen LogP contribution in [-0.2, 0) is 0 Å². The molecule has 2 saturated carbocycles. The second kappa shape index (κ2) is 8.60. The number of halogens is 3. The Morgan fingerprint density at radius 1 is 0.920 bits per heavy atom. The van der Waals surface area contributed by atoms with Crippen molar-refractivity contribution in [2.75, 3.05) is 0 Å². The summed E-state index contributed by atoms with van der Waals surface area (Å²) in [5.41, 5.74) is 0.480. The van der Waals surface area contributed by atoms with Gasteiger partial charge in [0.1, 0.15) is 0 Å². The van der Waals surface area contributed by atoms with Gasteiger partial charge in [-0.05, 0) is 79.9 Å². The minimum Gasteiger partial charge on any atom is -0.204 e. The maximum absolute atomic E-state index is 13.6. The smallest absolute Gasteiger partial charge is 0.194 e. The largest absolute Gasteiger partial charge is 0.204 e. The summed E-state index contributed by atoms with van der Waals surface area (Å²) >= 11 is 0. The van der Waals surface area contributed by atoms with E-state index in [2.05, 4.69) is 0 Å². The van der Waals surface area contributed by atoms with Gasteiger partial charge in [-0.1, -0.05) is 38.9 Å². The molecule has 1 aromatic carbocycles. The molecule has 25 heavy (non-hydrogen) atoms. The van der Waals surface area contributed by atoms with Crippen molar-refractivity contribution in [2.24, 2.45) is 17.8 Å². The lowest BCUT2D eigenvalue weighted by molar-refractivity contribution is 0.155. The highest BCUT2D eigenvalue weighted by Crippen LogP contribution is 2.44. The summed E-state index contributed by atoms with van der Waals surface area (Å²) in [7, 11) is 0. The van der Waals surface area contributed by atoms with Crippen LogP contribution in [0.1, 0.15) is 94.4 Å². The van der Waals surface area contributed by atoms with E-state index in [9.17, 15) is 13.2 Å². The van der Waals surface area contributed by atoms with Gasteiger partial charge in [0.05, 0.1) is 0 Å². The summed E-state index contributed by atoms with van der Waals surface area (Å²) in [6, 6.07) is 2.17. The van der Waals surface area contributed by atoms with Crippen LogP contribution in [-0.4, -0.2) is 0 Å². The Hall–Kier alpha value is -0.990. The van der Waals surface area contributed by atoms with E-state index in [1.54, 1.807) is 0 Å². The third-order valence-electron chi connectivity index (χ3n) is 6.02. The van der Waals surface area contributed by atoms with Crippen molar-refractivity contribution < 1.29 is 18.7 Å². The van der Waals surface area contributed by atoms with E-state index >= 15 is 0 Å². The van der Waals surface area contributed by atoms with Crippen LogP contribution in [0.5, 0.6) is 0 Å². The quantitative estimate of drug-likeness (QED) is 0.483. The first-order chi connectivity index (χ1) is 13.5. The molecule has 3 rings (SSSR count). The average Bonchev–Trinajstić information content (AvgIpc) is 2.64. The SMILES string of the molecule is [2H]C1([2H])CC(C2CCC(c3cc(F)c(F)c(F)c3)CC2)CC([2H])([2H])C1CCCC. The predicted molar refractivity (Wildman–Crippen MR) is 96.0 cm³/mol. The molecule has 0 nitrogen and oxygen atoms in total. The zero-order valence-electron chi connectivity index (χ0n) is 19.0. The maximum Gasteiger partial charge on any atom is 0.194 e. The second-order valence-electron chi connectivity index (χ2n) is 7.68. The van der Waals surface area contributed by atoms with E-state index in [-0.39, 0.29) is 17.8 Å². The lowest BCUT2D eigenvalue weighted by Gasteiger charge is -2.38. The van der Waals surface area contributed by atoms with Crippen molar-refractivity contribution >= 4 is 0 Å². The van der Waals surface area contributed by atoms with Crippen LogP contribution in [0.25, 0.3) is 0 Å². The molecular weight excluding hydrogens is 321 g/mol. The molecule has 140 valence electrons. The van der Waals surface area contributed by atoms with Gasteiger partial charge in [0.15, 0.2) is 17.5 Å². The molecule has 1 aromatic rings. The van der Waals surface area contributed by atoms with E-state index in [1.165, 1.54) is 0 Å². The van der Waals surface area contributed by atoms with Gasteiger partial charge in [-0.15, -0.1) is 0 Å². The van der Waals surface area contributed by atoms with E-state index in [1.807, 2.05) is 6.92 Å². The molecule has 2 fully saturated rings. The van der Waals surface area contributed by atoms with Crippen LogP contribution in [0.2, 0.25) is 0 Å². The normalized spacial score (nSPS) is 36.8. The molecule has 0 spiro atoms. The van der Waals surface area contributed by atoms with Crippen LogP contribution in [0.15, 0.2) is 12.1 Å². The highest BCUT2D eigenvalue weighted by molar-refractivity contribution is 5.23. The van der Waals surface area contributed by atoms with E-state index < -0.39 is 36.1 Å². The summed E-state index contributed by atoms with van der Waals surface area (Å²) in [5, 5.41) is 0. The summed E-state index contributed by atoms with van der Waals surface area (Å²) in [5.74, 6) is -4.15. The van der Waals surface area contributed by atoms with Gasteiger partial charge in [0, 0.05) is 5.48 Å². The molecule has 0 bridgehead atoms. The number of rotatable bonds is 5. The van der Waals surface area contributed by atoms with Crippen molar-refractivity contribution in [1.29, 1.82) is 0 Å². The Bertz CT molecular complexity index is 673. The first-order valence-corrected chi connectivity index (χ1v) is 9.69. The third kappa shape index (κ3) is 4.60. The van der Waals surface area contributed by atoms with Gasteiger partial charge in [0.2, 0.25) is 0 Å². The van der Waals surface area contributed by atoms with E-state index in [0.717, 1.165) is 37.8 Å². The molecule has 2 aliphatic rings. The topological polar surface area (TPSA) is 0 Å². The lowest BCUT2D eigenvalue weighted by Crippen LogP contribution is -2.25. The maximum atomic E-state index is 13.6. The van der Waals surface area contributed by atoms with Crippen molar-refractivity contribution in [3.05, 3.63) is 35.1 Å². The lowest BCUT2D eigenvalue weighted by atomic mass is 9.68.